The van der Waals surface area contributed by atoms with Gasteiger partial charge in [-0.3, -0.25) is 4.79 Å². The number of rotatable bonds is 5. The first-order chi connectivity index (χ1) is 15.1. The van der Waals surface area contributed by atoms with Crippen molar-refractivity contribution in [3.05, 3.63) is 76.6 Å². The van der Waals surface area contributed by atoms with Crippen molar-refractivity contribution in [2.45, 2.75) is 38.1 Å². The minimum atomic E-state index is -0.644. The molecule has 0 saturated carbocycles. The molecule has 158 valence electrons. The Kier molecular flexibility index (Phi) is 5.23. The van der Waals surface area contributed by atoms with E-state index < -0.39 is 11.6 Å². The summed E-state index contributed by atoms with van der Waals surface area (Å²) in [5, 5.41) is 8.40. The summed E-state index contributed by atoms with van der Waals surface area (Å²) in [4.78, 5) is 17.2. The molecule has 5 rings (SSSR count). The molecule has 1 aliphatic rings. The van der Waals surface area contributed by atoms with Crippen molar-refractivity contribution in [3.63, 3.8) is 0 Å². The predicted molar refractivity (Wildman–Crippen MR) is 115 cm³/mol. The Morgan fingerprint density at radius 2 is 2.00 bits per heavy atom. The number of thiazole rings is 1. The van der Waals surface area contributed by atoms with Crippen molar-refractivity contribution in [2.24, 2.45) is 0 Å². The number of benzene rings is 2. The summed E-state index contributed by atoms with van der Waals surface area (Å²) in [6.45, 7) is 0. The van der Waals surface area contributed by atoms with Gasteiger partial charge in [-0.05, 0) is 43.5 Å². The summed E-state index contributed by atoms with van der Waals surface area (Å²) in [6.07, 6.45) is 5.05. The predicted octanol–water partition coefficient (Wildman–Crippen LogP) is 4.89. The molecule has 5 nitrogen and oxygen atoms in total. The van der Waals surface area contributed by atoms with Crippen molar-refractivity contribution < 1.29 is 13.6 Å². The van der Waals surface area contributed by atoms with Gasteiger partial charge < -0.3 is 5.32 Å². The second-order valence-electron chi connectivity index (χ2n) is 7.67. The second kappa shape index (κ2) is 8.19. The molecule has 0 bridgehead atoms. The zero-order valence-electron chi connectivity index (χ0n) is 16.6. The number of hydrogen-bond acceptors (Lipinski definition) is 4. The number of aromatic nitrogens is 3. The number of aryl methyl sites for hydroxylation is 1. The smallest absolute Gasteiger partial charge is 0.220 e. The molecular formula is C23H20F2N4OS. The molecule has 0 fully saturated rings. The number of amides is 1. The van der Waals surface area contributed by atoms with Crippen LogP contribution in [-0.2, 0) is 17.6 Å². The summed E-state index contributed by atoms with van der Waals surface area (Å²) >= 11 is 1.61. The van der Waals surface area contributed by atoms with Gasteiger partial charge in [0.05, 0.1) is 33.2 Å². The van der Waals surface area contributed by atoms with Crippen LogP contribution in [0.4, 0.5) is 8.78 Å². The maximum atomic E-state index is 13.7. The zero-order chi connectivity index (χ0) is 21.4. The number of carbonyl (C=O) groups excluding carboxylic acids is 1. The van der Waals surface area contributed by atoms with Gasteiger partial charge in [0, 0.05) is 30.2 Å². The van der Waals surface area contributed by atoms with E-state index in [9.17, 15) is 13.6 Å². The largest absolute Gasteiger partial charge is 0.349 e. The molecule has 2 heterocycles. The summed E-state index contributed by atoms with van der Waals surface area (Å²) in [7, 11) is 0. The van der Waals surface area contributed by atoms with Gasteiger partial charge in [0.25, 0.3) is 0 Å². The minimum absolute atomic E-state index is 0.0401. The van der Waals surface area contributed by atoms with Crippen molar-refractivity contribution in [2.75, 3.05) is 0 Å². The van der Waals surface area contributed by atoms with Crippen LogP contribution in [0.25, 0.3) is 15.9 Å². The fourth-order valence-electron chi connectivity index (χ4n) is 4.10. The Bertz CT molecular complexity index is 1210. The lowest BCUT2D eigenvalue weighted by atomic mass is 9.92. The van der Waals surface area contributed by atoms with Gasteiger partial charge in [-0.2, -0.15) is 5.10 Å². The molecule has 1 amide bonds. The summed E-state index contributed by atoms with van der Waals surface area (Å²) in [5.74, 6) is -1.33. The highest BCUT2D eigenvalue weighted by Crippen LogP contribution is 2.31. The molecule has 8 heteroatoms. The second-order valence-corrected chi connectivity index (χ2v) is 8.79. The third-order valence-corrected chi connectivity index (χ3v) is 6.61. The molecule has 1 atom stereocenters. The van der Waals surface area contributed by atoms with Crippen LogP contribution in [-0.4, -0.2) is 20.7 Å². The number of halogens is 2. The molecule has 0 saturated heterocycles. The molecule has 0 spiro atoms. The Morgan fingerprint density at radius 1 is 1.19 bits per heavy atom. The van der Waals surface area contributed by atoms with Crippen LogP contribution < -0.4 is 5.32 Å². The molecule has 1 N–H and O–H groups in total. The summed E-state index contributed by atoms with van der Waals surface area (Å²) < 4.78 is 30.0. The average Bonchev–Trinajstić information content (AvgIpc) is 3.36. The van der Waals surface area contributed by atoms with Crippen LogP contribution in [0.3, 0.4) is 0 Å². The van der Waals surface area contributed by atoms with E-state index in [0.717, 1.165) is 51.8 Å². The summed E-state index contributed by atoms with van der Waals surface area (Å²) in [5.41, 5.74) is 3.10. The first-order valence-electron chi connectivity index (χ1n) is 10.2. The molecule has 31 heavy (non-hydrogen) atoms. The highest BCUT2D eigenvalue weighted by atomic mass is 32.1. The SMILES string of the molecule is O=C(CCc1nc2ccccc2s1)N[C@@H]1CCCc2c1cnn2-c1cc(F)cc(F)c1. The number of hydrogen-bond donors (Lipinski definition) is 1. The first kappa shape index (κ1) is 19.8. The van der Waals surface area contributed by atoms with Crippen molar-refractivity contribution in [1.82, 2.24) is 20.1 Å². The van der Waals surface area contributed by atoms with E-state index in [2.05, 4.69) is 15.4 Å². The third kappa shape index (κ3) is 4.07. The normalized spacial score (nSPS) is 15.7. The Labute approximate surface area is 181 Å². The molecular weight excluding hydrogens is 418 g/mol. The van der Waals surface area contributed by atoms with Crippen molar-refractivity contribution >= 4 is 27.5 Å². The van der Waals surface area contributed by atoms with Crippen LogP contribution >= 0.6 is 11.3 Å². The maximum absolute atomic E-state index is 13.7. The van der Waals surface area contributed by atoms with Crippen molar-refractivity contribution in [3.8, 4) is 5.69 Å². The quantitative estimate of drug-likeness (QED) is 0.483. The van der Waals surface area contributed by atoms with Crippen LogP contribution in [0.2, 0.25) is 0 Å². The maximum Gasteiger partial charge on any atom is 0.220 e. The van der Waals surface area contributed by atoms with Gasteiger partial charge in [0.2, 0.25) is 5.91 Å². The number of nitrogens with one attached hydrogen (secondary N) is 1. The van der Waals surface area contributed by atoms with E-state index in [-0.39, 0.29) is 11.9 Å². The number of para-hydroxylation sites is 1. The highest BCUT2D eigenvalue weighted by Gasteiger charge is 2.26. The van der Waals surface area contributed by atoms with Crippen LogP contribution in [0, 0.1) is 11.6 Å². The van der Waals surface area contributed by atoms with Crippen molar-refractivity contribution in [1.29, 1.82) is 0 Å². The molecule has 0 unspecified atom stereocenters. The van der Waals surface area contributed by atoms with E-state index >= 15 is 0 Å². The molecule has 0 radical (unpaired) electrons. The fourth-order valence-corrected chi connectivity index (χ4v) is 5.07. The standard InChI is InChI=1S/C23H20F2N4OS/c24-14-10-15(25)12-16(11-14)29-20-6-3-5-18(17(20)13-26-29)27-22(30)8-9-23-28-19-4-1-2-7-21(19)31-23/h1-2,4,7,10-13,18H,3,5-6,8-9H2,(H,27,30)/t18-/m1/s1. The lowest BCUT2D eigenvalue weighted by Crippen LogP contribution is -2.31. The molecule has 4 aromatic rings. The molecule has 0 aliphatic heterocycles. The van der Waals surface area contributed by atoms with E-state index in [1.165, 1.54) is 12.1 Å². The van der Waals surface area contributed by atoms with Gasteiger partial charge in [-0.1, -0.05) is 12.1 Å². The van der Waals surface area contributed by atoms with Gasteiger partial charge in [-0.15, -0.1) is 11.3 Å². The molecule has 2 aromatic heterocycles. The van der Waals surface area contributed by atoms with E-state index in [0.29, 0.717) is 18.5 Å². The zero-order valence-corrected chi connectivity index (χ0v) is 17.5. The Morgan fingerprint density at radius 3 is 2.81 bits per heavy atom. The average molecular weight is 439 g/mol. The Balaban J connectivity index is 1.29. The first-order valence-corrected chi connectivity index (χ1v) is 11.1. The summed E-state index contributed by atoms with van der Waals surface area (Å²) in [6, 6.07) is 11.1. The van der Waals surface area contributed by atoms with E-state index in [1.807, 2.05) is 24.3 Å². The molecule has 1 aliphatic carbocycles. The number of fused-ring (bicyclic) bond motifs is 2. The van der Waals surface area contributed by atoms with Crippen LogP contribution in [0.15, 0.2) is 48.7 Å². The number of nitrogens with zero attached hydrogens (tertiary/aromatic N) is 3. The minimum Gasteiger partial charge on any atom is -0.349 e. The van der Waals surface area contributed by atoms with E-state index in [1.54, 1.807) is 22.2 Å². The number of carbonyl (C=O) groups is 1. The van der Waals surface area contributed by atoms with Gasteiger partial charge in [0.1, 0.15) is 11.6 Å². The van der Waals surface area contributed by atoms with Gasteiger partial charge in [-0.25, -0.2) is 18.4 Å². The molecule has 2 aromatic carbocycles. The third-order valence-electron chi connectivity index (χ3n) is 5.51. The van der Waals surface area contributed by atoms with Gasteiger partial charge >= 0.3 is 0 Å². The van der Waals surface area contributed by atoms with Crippen LogP contribution in [0.5, 0.6) is 0 Å². The van der Waals surface area contributed by atoms with Gasteiger partial charge in [0.15, 0.2) is 0 Å². The van der Waals surface area contributed by atoms with E-state index in [4.69, 9.17) is 0 Å². The highest BCUT2D eigenvalue weighted by molar-refractivity contribution is 7.18. The van der Waals surface area contributed by atoms with Crippen LogP contribution in [0.1, 0.15) is 41.6 Å². The lowest BCUT2D eigenvalue weighted by Gasteiger charge is -2.24. The Hall–Kier alpha value is -3.13. The fraction of sp³-hybridized carbons (Fsp3) is 0.261. The lowest BCUT2D eigenvalue weighted by molar-refractivity contribution is -0.121. The monoisotopic (exact) mass is 438 g/mol. The topological polar surface area (TPSA) is 59.8 Å².